The molecular weight excluding hydrogens is 228 g/mol. The van der Waals surface area contributed by atoms with Crippen LogP contribution in [0.15, 0.2) is 48.5 Å². The number of hydrogen-bond donors (Lipinski definition) is 0. The maximum absolute atomic E-state index is 2.39. The van der Waals surface area contributed by atoms with Gasteiger partial charge < -0.3 is 0 Å². The van der Waals surface area contributed by atoms with Crippen LogP contribution in [0.3, 0.4) is 0 Å². The lowest BCUT2D eigenvalue weighted by atomic mass is 9.86. The van der Waals surface area contributed by atoms with Gasteiger partial charge in [-0.1, -0.05) is 62.4 Å². The predicted octanol–water partition coefficient (Wildman–Crippen LogP) is 5.51. The number of rotatable bonds is 0. The van der Waals surface area contributed by atoms with Crippen LogP contribution in [0.25, 0.3) is 21.5 Å². The fourth-order valence-corrected chi connectivity index (χ4v) is 3.21. The van der Waals surface area contributed by atoms with Gasteiger partial charge in [0, 0.05) is 0 Å². The van der Waals surface area contributed by atoms with Gasteiger partial charge in [-0.2, -0.15) is 0 Å². The Morgan fingerprint density at radius 1 is 0.737 bits per heavy atom. The van der Waals surface area contributed by atoms with Gasteiger partial charge in [0.2, 0.25) is 0 Å². The molecule has 0 atom stereocenters. The number of benzene rings is 3. The quantitative estimate of drug-likeness (QED) is 0.460. The average molecular weight is 248 g/mol. The van der Waals surface area contributed by atoms with Crippen molar-refractivity contribution < 1.29 is 0 Å². The molecule has 0 saturated heterocycles. The van der Waals surface area contributed by atoms with E-state index in [2.05, 4.69) is 48.5 Å². The van der Waals surface area contributed by atoms with Crippen molar-refractivity contribution in [2.24, 2.45) is 0 Å². The van der Waals surface area contributed by atoms with E-state index in [1.807, 2.05) is 13.8 Å². The molecular formula is C19H20. The van der Waals surface area contributed by atoms with Gasteiger partial charge in [-0.3, -0.25) is 0 Å². The summed E-state index contributed by atoms with van der Waals surface area (Å²) in [5, 5.41) is 5.75. The molecule has 0 spiro atoms. The topological polar surface area (TPSA) is 0 Å². The van der Waals surface area contributed by atoms with Crippen molar-refractivity contribution in [1.29, 1.82) is 0 Å². The van der Waals surface area contributed by atoms with Crippen LogP contribution in [0.4, 0.5) is 0 Å². The van der Waals surface area contributed by atoms with Crippen molar-refractivity contribution >= 4 is 21.5 Å². The monoisotopic (exact) mass is 248 g/mol. The third kappa shape index (κ3) is 1.92. The zero-order valence-electron chi connectivity index (χ0n) is 11.7. The van der Waals surface area contributed by atoms with Crippen LogP contribution in [0, 0.1) is 0 Å². The first-order chi connectivity index (χ1) is 9.43. The SMILES string of the molecule is CC.c1ccc2c(c1)cc1c3c(cccc32)CCC1. The molecule has 19 heavy (non-hydrogen) atoms. The fourth-order valence-electron chi connectivity index (χ4n) is 3.21. The summed E-state index contributed by atoms with van der Waals surface area (Å²) in [6.07, 6.45) is 3.77. The lowest BCUT2D eigenvalue weighted by Gasteiger charge is -2.18. The highest BCUT2D eigenvalue weighted by Gasteiger charge is 2.13. The highest BCUT2D eigenvalue weighted by molar-refractivity contribution is 6.10. The molecule has 0 heteroatoms. The highest BCUT2D eigenvalue weighted by atomic mass is 14.2. The molecule has 1 aliphatic rings. The van der Waals surface area contributed by atoms with Crippen LogP contribution < -0.4 is 0 Å². The van der Waals surface area contributed by atoms with Crippen LogP contribution in [-0.4, -0.2) is 0 Å². The van der Waals surface area contributed by atoms with Gasteiger partial charge in [-0.25, -0.2) is 0 Å². The average Bonchev–Trinajstić information content (AvgIpc) is 2.50. The Bertz CT molecular complexity index is 723. The summed E-state index contributed by atoms with van der Waals surface area (Å²) >= 11 is 0. The third-order valence-corrected chi connectivity index (χ3v) is 3.94. The standard InChI is InChI=1S/C17H14.C2H6/c1-2-9-15-13(5-1)11-14-8-3-6-12-7-4-10-16(15)17(12)14;1-2/h1-2,4-5,7,9-11H,3,6,8H2;1-2H3. The third-order valence-electron chi connectivity index (χ3n) is 3.94. The largest absolute Gasteiger partial charge is 0.0683 e. The Labute approximate surface area is 115 Å². The van der Waals surface area contributed by atoms with E-state index in [9.17, 15) is 0 Å². The number of hydrogen-bond acceptors (Lipinski definition) is 0. The first-order valence-corrected chi connectivity index (χ1v) is 7.36. The lowest BCUT2D eigenvalue weighted by molar-refractivity contribution is 0.809. The Morgan fingerprint density at radius 2 is 1.47 bits per heavy atom. The molecule has 0 radical (unpaired) electrons. The Morgan fingerprint density at radius 3 is 2.37 bits per heavy atom. The molecule has 3 aromatic rings. The summed E-state index contributed by atoms with van der Waals surface area (Å²) in [6.45, 7) is 4.00. The van der Waals surface area contributed by atoms with E-state index in [4.69, 9.17) is 0 Å². The number of fused-ring (bicyclic) bond motifs is 2. The zero-order valence-corrected chi connectivity index (χ0v) is 11.7. The van der Waals surface area contributed by atoms with Gasteiger partial charge in [0.25, 0.3) is 0 Å². The van der Waals surface area contributed by atoms with E-state index in [-0.39, 0.29) is 0 Å². The minimum Gasteiger partial charge on any atom is -0.0683 e. The van der Waals surface area contributed by atoms with E-state index in [0.717, 1.165) is 0 Å². The molecule has 0 aliphatic heterocycles. The molecule has 0 bridgehead atoms. The van der Waals surface area contributed by atoms with E-state index in [1.54, 1.807) is 5.56 Å². The summed E-state index contributed by atoms with van der Waals surface area (Å²) in [5.74, 6) is 0. The summed E-state index contributed by atoms with van der Waals surface area (Å²) < 4.78 is 0. The second-order valence-corrected chi connectivity index (χ2v) is 4.95. The normalized spacial score (nSPS) is 13.2. The van der Waals surface area contributed by atoms with Gasteiger partial charge in [-0.15, -0.1) is 0 Å². The summed E-state index contributed by atoms with van der Waals surface area (Å²) in [7, 11) is 0. The van der Waals surface area contributed by atoms with Crippen LogP contribution in [0.2, 0.25) is 0 Å². The zero-order chi connectivity index (χ0) is 13.2. The van der Waals surface area contributed by atoms with Crippen LogP contribution in [-0.2, 0) is 12.8 Å². The van der Waals surface area contributed by atoms with Crippen molar-refractivity contribution in [1.82, 2.24) is 0 Å². The van der Waals surface area contributed by atoms with Gasteiger partial charge in [0.05, 0.1) is 0 Å². The molecule has 0 unspecified atom stereocenters. The van der Waals surface area contributed by atoms with E-state index < -0.39 is 0 Å². The van der Waals surface area contributed by atoms with E-state index in [1.165, 1.54) is 46.4 Å². The van der Waals surface area contributed by atoms with Gasteiger partial charge in [0.1, 0.15) is 0 Å². The van der Waals surface area contributed by atoms with Crippen molar-refractivity contribution in [3.63, 3.8) is 0 Å². The molecule has 0 saturated carbocycles. The van der Waals surface area contributed by atoms with Crippen molar-refractivity contribution in [2.75, 3.05) is 0 Å². The summed E-state index contributed by atoms with van der Waals surface area (Å²) in [5.41, 5.74) is 3.08. The molecule has 0 amide bonds. The van der Waals surface area contributed by atoms with Crippen LogP contribution in [0.5, 0.6) is 0 Å². The molecule has 0 heterocycles. The van der Waals surface area contributed by atoms with E-state index >= 15 is 0 Å². The van der Waals surface area contributed by atoms with Crippen molar-refractivity contribution in [2.45, 2.75) is 33.1 Å². The number of aryl methyl sites for hydroxylation is 2. The van der Waals surface area contributed by atoms with Gasteiger partial charge in [0.15, 0.2) is 0 Å². The molecule has 3 aromatic carbocycles. The minimum atomic E-state index is 1.23. The molecule has 4 rings (SSSR count). The highest BCUT2D eigenvalue weighted by Crippen LogP contribution is 2.34. The first kappa shape index (κ1) is 12.2. The smallest absolute Gasteiger partial charge is 0.00999 e. The fraction of sp³-hybridized carbons (Fsp3) is 0.263. The first-order valence-electron chi connectivity index (χ1n) is 7.36. The van der Waals surface area contributed by atoms with Crippen molar-refractivity contribution in [3.8, 4) is 0 Å². The van der Waals surface area contributed by atoms with Gasteiger partial charge in [-0.05, 0) is 51.9 Å². The van der Waals surface area contributed by atoms with Crippen molar-refractivity contribution in [3.05, 3.63) is 59.7 Å². The maximum atomic E-state index is 2.39. The molecule has 0 nitrogen and oxygen atoms in total. The minimum absolute atomic E-state index is 1.23. The lowest BCUT2D eigenvalue weighted by Crippen LogP contribution is -2.01. The maximum Gasteiger partial charge on any atom is -0.00999 e. The summed E-state index contributed by atoms with van der Waals surface area (Å²) in [4.78, 5) is 0. The van der Waals surface area contributed by atoms with Crippen LogP contribution in [0.1, 0.15) is 31.4 Å². The Hall–Kier alpha value is -1.82. The predicted molar refractivity (Wildman–Crippen MR) is 84.8 cm³/mol. The van der Waals surface area contributed by atoms with E-state index in [0.29, 0.717) is 0 Å². The molecule has 0 aromatic heterocycles. The molecule has 96 valence electrons. The summed E-state index contributed by atoms with van der Waals surface area (Å²) in [6, 6.07) is 17.9. The second-order valence-electron chi connectivity index (χ2n) is 4.95. The Kier molecular flexibility index (Phi) is 3.25. The van der Waals surface area contributed by atoms with Gasteiger partial charge >= 0.3 is 0 Å². The molecule has 0 fully saturated rings. The Balaban J connectivity index is 0.000000528. The second kappa shape index (κ2) is 5.05. The molecule has 0 N–H and O–H groups in total. The molecule has 1 aliphatic carbocycles. The van der Waals surface area contributed by atoms with Crippen LogP contribution >= 0.6 is 0 Å².